The molecule has 0 spiro atoms. The van der Waals surface area contributed by atoms with E-state index < -0.39 is 47.9 Å². The molecule has 0 heterocycles. The van der Waals surface area contributed by atoms with E-state index in [1.807, 2.05) is 13.8 Å². The van der Waals surface area contributed by atoms with Gasteiger partial charge in [-0.05, 0) is 57.2 Å². The number of ether oxygens (including phenoxy) is 6. The van der Waals surface area contributed by atoms with Crippen LogP contribution in [0.2, 0.25) is 0 Å². The maximum atomic E-state index is 12.4. The van der Waals surface area contributed by atoms with E-state index in [1.54, 1.807) is 27.7 Å². The number of hydrogen-bond donors (Lipinski definition) is 2. The van der Waals surface area contributed by atoms with Crippen molar-refractivity contribution in [3.05, 3.63) is 23.8 Å². The number of aliphatic carboxylic acids is 1. The van der Waals surface area contributed by atoms with Crippen LogP contribution < -0.4 is 15.2 Å². The van der Waals surface area contributed by atoms with E-state index in [0.29, 0.717) is 18.4 Å². The molecule has 1 aromatic rings. The Morgan fingerprint density at radius 1 is 0.829 bits per heavy atom. The molecule has 41 heavy (non-hydrogen) atoms. The third kappa shape index (κ3) is 14.1. The van der Waals surface area contributed by atoms with Crippen LogP contribution in [0.5, 0.6) is 11.5 Å². The lowest BCUT2D eigenvalue weighted by atomic mass is 9.82. The van der Waals surface area contributed by atoms with Gasteiger partial charge >= 0.3 is 24.4 Å². The number of carboxylic acid groups (broad SMARTS) is 1. The van der Waals surface area contributed by atoms with Crippen LogP contribution in [-0.2, 0) is 23.7 Å². The Balaban J connectivity index is 3.25. The van der Waals surface area contributed by atoms with Crippen molar-refractivity contribution in [2.75, 3.05) is 19.8 Å². The molecule has 3 atom stereocenters. The van der Waals surface area contributed by atoms with Crippen LogP contribution in [0.1, 0.15) is 91.5 Å². The number of carbonyl (C=O) groups excluding carboxylic acids is 3. The van der Waals surface area contributed by atoms with Crippen molar-refractivity contribution in [3.8, 4) is 11.5 Å². The largest absolute Gasteiger partial charge is 0.513 e. The summed E-state index contributed by atoms with van der Waals surface area (Å²) >= 11 is 0. The molecule has 0 fully saturated rings. The topological polar surface area (TPSA) is 170 Å². The zero-order valence-electron chi connectivity index (χ0n) is 24.9. The molecule has 3 N–H and O–H groups in total. The van der Waals surface area contributed by atoms with Gasteiger partial charge in [0.25, 0.3) is 0 Å². The highest BCUT2D eigenvalue weighted by atomic mass is 16.7. The molecule has 0 aromatic heterocycles. The highest BCUT2D eigenvalue weighted by Crippen LogP contribution is 2.36. The molecule has 232 valence electrons. The van der Waals surface area contributed by atoms with Gasteiger partial charge in [0.1, 0.15) is 11.6 Å². The quantitative estimate of drug-likeness (QED) is 0.0981. The highest BCUT2D eigenvalue weighted by Gasteiger charge is 2.33. The van der Waals surface area contributed by atoms with Crippen LogP contribution in [0.25, 0.3) is 0 Å². The van der Waals surface area contributed by atoms with Gasteiger partial charge in [0.2, 0.25) is 0 Å². The van der Waals surface area contributed by atoms with Crippen molar-refractivity contribution in [2.45, 2.75) is 97.6 Å². The first kappa shape index (κ1) is 35.5. The van der Waals surface area contributed by atoms with E-state index in [9.17, 15) is 24.3 Å². The van der Waals surface area contributed by atoms with Gasteiger partial charge in [-0.3, -0.25) is 4.79 Å². The molecule has 12 heteroatoms. The van der Waals surface area contributed by atoms with E-state index in [-0.39, 0.29) is 31.3 Å². The summed E-state index contributed by atoms with van der Waals surface area (Å²) in [5.41, 5.74) is 5.59. The fourth-order valence-electron chi connectivity index (χ4n) is 3.78. The molecule has 1 rings (SSSR count). The summed E-state index contributed by atoms with van der Waals surface area (Å²) < 4.78 is 31.2. The number of rotatable bonds is 16. The van der Waals surface area contributed by atoms with Crippen LogP contribution in [0.3, 0.4) is 0 Å². The van der Waals surface area contributed by atoms with Crippen molar-refractivity contribution in [3.63, 3.8) is 0 Å². The molecular formula is C29H45NO11. The third-order valence-electron chi connectivity index (χ3n) is 5.81. The minimum atomic E-state index is -1.42. The van der Waals surface area contributed by atoms with E-state index in [0.717, 1.165) is 25.7 Å². The van der Waals surface area contributed by atoms with Crippen LogP contribution in [0.15, 0.2) is 18.2 Å². The highest BCUT2D eigenvalue weighted by molar-refractivity contribution is 5.75. The average Bonchev–Trinajstić information content (AvgIpc) is 2.88. The Morgan fingerprint density at radius 3 is 1.85 bits per heavy atom. The summed E-state index contributed by atoms with van der Waals surface area (Å²) in [4.78, 5) is 48.6. The van der Waals surface area contributed by atoms with Crippen LogP contribution >= 0.6 is 0 Å². The van der Waals surface area contributed by atoms with Gasteiger partial charge < -0.3 is 39.3 Å². The first-order valence-corrected chi connectivity index (χ1v) is 14.0. The predicted molar refractivity (Wildman–Crippen MR) is 149 cm³/mol. The summed E-state index contributed by atoms with van der Waals surface area (Å²) in [7, 11) is 0. The Hall–Kier alpha value is -3.54. The molecule has 12 nitrogen and oxygen atoms in total. The Kier molecular flexibility index (Phi) is 15.6. The second-order valence-corrected chi connectivity index (χ2v) is 10.7. The lowest BCUT2D eigenvalue weighted by Crippen LogP contribution is -2.41. The maximum Gasteiger partial charge on any atom is 0.513 e. The summed E-state index contributed by atoms with van der Waals surface area (Å²) in [6.45, 7) is 10.8. The van der Waals surface area contributed by atoms with Crippen molar-refractivity contribution >= 4 is 24.4 Å². The molecule has 2 unspecified atom stereocenters. The second kappa shape index (κ2) is 18.0. The minimum Gasteiger partial charge on any atom is -0.480 e. The normalized spacial score (nSPS) is 13.3. The molecule has 0 saturated heterocycles. The number of benzene rings is 1. The van der Waals surface area contributed by atoms with Crippen molar-refractivity contribution in [1.82, 2.24) is 0 Å². The van der Waals surface area contributed by atoms with E-state index >= 15 is 0 Å². The first-order chi connectivity index (χ1) is 19.3. The molecular weight excluding hydrogens is 538 g/mol. The molecule has 0 bridgehead atoms. The van der Waals surface area contributed by atoms with Gasteiger partial charge in [-0.25, -0.2) is 14.4 Å². The summed E-state index contributed by atoms with van der Waals surface area (Å²) in [5, 5.41) is 9.69. The van der Waals surface area contributed by atoms with Crippen LogP contribution in [-0.4, -0.2) is 61.0 Å². The van der Waals surface area contributed by atoms with E-state index in [4.69, 9.17) is 34.2 Å². The molecule has 0 aliphatic carbocycles. The predicted octanol–water partition coefficient (Wildman–Crippen LogP) is 6.18. The minimum absolute atomic E-state index is 0.133. The molecule has 0 radical (unpaired) electrons. The van der Waals surface area contributed by atoms with Crippen molar-refractivity contribution in [2.24, 2.45) is 11.7 Å². The Labute approximate surface area is 241 Å². The monoisotopic (exact) mass is 583 g/mol. The molecule has 0 aliphatic rings. The van der Waals surface area contributed by atoms with Gasteiger partial charge in [0.15, 0.2) is 11.5 Å². The fourth-order valence-corrected chi connectivity index (χ4v) is 3.78. The van der Waals surface area contributed by atoms with Gasteiger partial charge in [-0.1, -0.05) is 52.5 Å². The number of hydrogen-bond acceptors (Lipinski definition) is 11. The molecule has 0 amide bonds. The average molecular weight is 584 g/mol. The number of unbranched alkanes of at least 4 members (excludes halogenated alkanes) is 4. The standard InChI is InChI=1S/C29H45NO11/c1-7-9-11-15-36-26(33)39-21-14-13-20(17-22(21)40-27(34)37-16-12-10-8-2)23(24(30)25(31)32)19(3)18-38-28(35)41-29(4,5)6/h13-14,17,19,23-24H,7-12,15-16,18,30H2,1-6H3,(H,31,32)/t19?,23?,24-/m0/s1. The summed E-state index contributed by atoms with van der Waals surface area (Å²) in [6.07, 6.45) is 1.98. The Morgan fingerprint density at radius 2 is 1.37 bits per heavy atom. The van der Waals surface area contributed by atoms with E-state index in [2.05, 4.69) is 0 Å². The zero-order chi connectivity index (χ0) is 31.0. The SMILES string of the molecule is CCCCCOC(=O)Oc1ccc(C(C(C)COC(=O)OC(C)(C)C)[C@H](N)C(=O)O)cc1OC(=O)OCCCCC. The van der Waals surface area contributed by atoms with E-state index in [1.165, 1.54) is 18.2 Å². The first-order valence-electron chi connectivity index (χ1n) is 14.0. The lowest BCUT2D eigenvalue weighted by Gasteiger charge is -2.28. The lowest BCUT2D eigenvalue weighted by molar-refractivity contribution is -0.139. The molecule has 0 aliphatic heterocycles. The van der Waals surface area contributed by atoms with Crippen LogP contribution in [0.4, 0.5) is 14.4 Å². The smallest absolute Gasteiger partial charge is 0.480 e. The van der Waals surface area contributed by atoms with Gasteiger partial charge in [0.05, 0.1) is 19.8 Å². The third-order valence-corrected chi connectivity index (χ3v) is 5.81. The van der Waals surface area contributed by atoms with Crippen LogP contribution in [0, 0.1) is 5.92 Å². The fraction of sp³-hybridized carbons (Fsp3) is 0.655. The van der Waals surface area contributed by atoms with Crippen molar-refractivity contribution < 1.29 is 52.7 Å². The number of nitrogens with two attached hydrogens (primary N) is 1. The Bertz CT molecular complexity index is 989. The zero-order valence-corrected chi connectivity index (χ0v) is 24.9. The molecule has 1 aromatic carbocycles. The van der Waals surface area contributed by atoms with Gasteiger partial charge in [-0.15, -0.1) is 0 Å². The maximum absolute atomic E-state index is 12.4. The number of carboxylic acids is 1. The van der Waals surface area contributed by atoms with Gasteiger partial charge in [-0.2, -0.15) is 0 Å². The molecule has 0 saturated carbocycles. The summed E-state index contributed by atoms with van der Waals surface area (Å²) in [6, 6.07) is 2.74. The number of carbonyl (C=O) groups is 4. The second-order valence-electron chi connectivity index (χ2n) is 10.7. The van der Waals surface area contributed by atoms with Gasteiger partial charge in [0, 0.05) is 5.92 Å². The van der Waals surface area contributed by atoms with Crippen molar-refractivity contribution in [1.29, 1.82) is 0 Å². The summed E-state index contributed by atoms with van der Waals surface area (Å²) in [5.74, 6) is -3.16.